The van der Waals surface area contributed by atoms with Crippen LogP contribution >= 0.6 is 0 Å². The minimum atomic E-state index is 1.00. The highest BCUT2D eigenvalue weighted by molar-refractivity contribution is 5.57. The van der Waals surface area contributed by atoms with Gasteiger partial charge in [0.15, 0.2) is 0 Å². The highest BCUT2D eigenvalue weighted by Gasteiger charge is 1.79. The molecule has 1 rings (SSSR count). The van der Waals surface area contributed by atoms with Crippen molar-refractivity contribution in [3.63, 3.8) is 0 Å². The Kier molecular flexibility index (Phi) is 3.08. The number of nitrogens with two attached hydrogens (primary N) is 1. The molecule has 0 aliphatic heterocycles. The SMILES string of the molecule is CC=N/C=c1/cccc/c1=C/N. The number of hydrogen-bond acceptors (Lipinski definition) is 2. The zero-order valence-corrected chi connectivity index (χ0v) is 7.07. The molecule has 0 atom stereocenters. The van der Waals surface area contributed by atoms with Crippen molar-refractivity contribution in [1.29, 1.82) is 0 Å². The van der Waals surface area contributed by atoms with Gasteiger partial charge in [-0.3, -0.25) is 4.99 Å². The average molecular weight is 160 g/mol. The molecule has 2 nitrogen and oxygen atoms in total. The molecule has 2 N–H and O–H groups in total. The van der Waals surface area contributed by atoms with Crippen LogP contribution in [0.5, 0.6) is 0 Å². The Labute approximate surface area is 71.7 Å². The van der Waals surface area contributed by atoms with Crippen LogP contribution in [0.15, 0.2) is 29.3 Å². The summed E-state index contributed by atoms with van der Waals surface area (Å²) in [6.07, 6.45) is 5.11. The molecule has 0 bridgehead atoms. The van der Waals surface area contributed by atoms with E-state index in [1.54, 1.807) is 18.6 Å². The van der Waals surface area contributed by atoms with Gasteiger partial charge in [0.2, 0.25) is 0 Å². The average Bonchev–Trinajstić information content (AvgIpc) is 2.15. The van der Waals surface area contributed by atoms with Crippen molar-refractivity contribution in [2.45, 2.75) is 6.92 Å². The van der Waals surface area contributed by atoms with E-state index in [0.717, 1.165) is 10.4 Å². The molecule has 0 saturated carbocycles. The van der Waals surface area contributed by atoms with Crippen molar-refractivity contribution in [2.75, 3.05) is 0 Å². The van der Waals surface area contributed by atoms with Crippen molar-refractivity contribution >= 4 is 18.6 Å². The fourth-order valence-corrected chi connectivity index (χ4v) is 0.935. The van der Waals surface area contributed by atoms with Gasteiger partial charge in [0, 0.05) is 23.8 Å². The first-order valence-electron chi connectivity index (χ1n) is 3.83. The third-order valence-electron chi connectivity index (χ3n) is 1.54. The van der Waals surface area contributed by atoms with Gasteiger partial charge >= 0.3 is 0 Å². The molecule has 0 unspecified atom stereocenters. The van der Waals surface area contributed by atoms with Crippen molar-refractivity contribution in [3.05, 3.63) is 34.7 Å². The van der Waals surface area contributed by atoms with Crippen LogP contribution in [0, 0.1) is 0 Å². The molecule has 0 aromatic heterocycles. The molecular weight excluding hydrogens is 148 g/mol. The van der Waals surface area contributed by atoms with Gasteiger partial charge in [0.25, 0.3) is 0 Å². The topological polar surface area (TPSA) is 38.4 Å². The zero-order valence-electron chi connectivity index (χ0n) is 7.07. The highest BCUT2D eigenvalue weighted by atomic mass is 14.6. The Balaban J connectivity index is 3.33. The van der Waals surface area contributed by atoms with Crippen molar-refractivity contribution < 1.29 is 0 Å². The molecule has 0 radical (unpaired) electrons. The first-order chi connectivity index (χ1) is 5.88. The molecule has 62 valence electrons. The van der Waals surface area contributed by atoms with Gasteiger partial charge in [-0.25, -0.2) is 0 Å². The fraction of sp³-hybridized carbons (Fsp3) is 0.100. The van der Waals surface area contributed by atoms with Crippen LogP contribution in [-0.2, 0) is 0 Å². The fourth-order valence-electron chi connectivity index (χ4n) is 0.935. The minimum absolute atomic E-state index is 1.00. The lowest BCUT2D eigenvalue weighted by atomic mass is 10.2. The van der Waals surface area contributed by atoms with Gasteiger partial charge in [-0.1, -0.05) is 24.3 Å². The lowest BCUT2D eigenvalue weighted by Gasteiger charge is -1.86. The third-order valence-corrected chi connectivity index (χ3v) is 1.54. The monoisotopic (exact) mass is 160 g/mol. The molecule has 0 spiro atoms. The van der Waals surface area contributed by atoms with Crippen LogP contribution in [0.2, 0.25) is 0 Å². The first-order valence-corrected chi connectivity index (χ1v) is 3.83. The van der Waals surface area contributed by atoms with E-state index in [2.05, 4.69) is 4.99 Å². The van der Waals surface area contributed by atoms with E-state index in [1.165, 1.54) is 0 Å². The molecule has 2 heteroatoms. The molecule has 0 aliphatic rings. The van der Waals surface area contributed by atoms with E-state index in [-0.39, 0.29) is 0 Å². The Hall–Kier alpha value is -1.57. The summed E-state index contributed by atoms with van der Waals surface area (Å²) in [6.45, 7) is 1.88. The summed E-state index contributed by atoms with van der Waals surface area (Å²) in [7, 11) is 0. The quantitative estimate of drug-likeness (QED) is 0.586. The standard InChI is InChI=1S/C10H12N2/c1-2-12-8-10-6-4-3-5-9(10)7-11/h2-8H,11H2,1H3/b9-7-,10-8-,12-2?. The molecule has 12 heavy (non-hydrogen) atoms. The molecule has 1 aromatic carbocycles. The van der Waals surface area contributed by atoms with E-state index in [1.807, 2.05) is 31.2 Å². The van der Waals surface area contributed by atoms with E-state index < -0.39 is 0 Å². The van der Waals surface area contributed by atoms with Crippen LogP contribution in [0.4, 0.5) is 0 Å². The molecule has 0 aliphatic carbocycles. The summed E-state index contributed by atoms with van der Waals surface area (Å²) in [4.78, 5) is 4.03. The number of rotatable bonds is 1. The Morgan fingerprint density at radius 2 is 1.92 bits per heavy atom. The maximum atomic E-state index is 5.43. The smallest absolute Gasteiger partial charge is 0.0342 e. The largest absolute Gasteiger partial charge is 0.404 e. The van der Waals surface area contributed by atoms with Gasteiger partial charge in [0.1, 0.15) is 0 Å². The second-order valence-electron chi connectivity index (χ2n) is 2.33. The predicted octanol–water partition coefficient (Wildman–Crippen LogP) is 0.212. The van der Waals surface area contributed by atoms with Gasteiger partial charge < -0.3 is 5.73 Å². The summed E-state index contributed by atoms with van der Waals surface area (Å²) < 4.78 is 0. The second kappa shape index (κ2) is 4.34. The Morgan fingerprint density at radius 3 is 2.50 bits per heavy atom. The van der Waals surface area contributed by atoms with Gasteiger partial charge in [0.05, 0.1) is 0 Å². The summed E-state index contributed by atoms with van der Waals surface area (Å²) in [5.74, 6) is 0. The highest BCUT2D eigenvalue weighted by Crippen LogP contribution is 1.72. The molecule has 0 amide bonds. The first kappa shape index (κ1) is 8.53. The summed E-state index contributed by atoms with van der Waals surface area (Å²) in [6, 6.07) is 7.85. The lowest BCUT2D eigenvalue weighted by molar-refractivity contribution is 1.47. The van der Waals surface area contributed by atoms with E-state index in [0.29, 0.717) is 0 Å². The van der Waals surface area contributed by atoms with Crippen molar-refractivity contribution in [1.82, 2.24) is 0 Å². The van der Waals surface area contributed by atoms with E-state index in [4.69, 9.17) is 5.73 Å². The molecule has 1 aromatic rings. The van der Waals surface area contributed by atoms with Crippen LogP contribution in [0.25, 0.3) is 12.4 Å². The summed E-state index contributed by atoms with van der Waals surface area (Å²) in [5, 5.41) is 2.04. The van der Waals surface area contributed by atoms with E-state index in [9.17, 15) is 0 Å². The van der Waals surface area contributed by atoms with Crippen LogP contribution in [-0.4, -0.2) is 6.21 Å². The van der Waals surface area contributed by atoms with Gasteiger partial charge in [-0.05, 0) is 12.1 Å². The summed E-state index contributed by atoms with van der Waals surface area (Å²) in [5.41, 5.74) is 5.43. The Morgan fingerprint density at radius 1 is 1.25 bits per heavy atom. The maximum absolute atomic E-state index is 5.43. The van der Waals surface area contributed by atoms with Crippen LogP contribution < -0.4 is 16.2 Å². The summed E-state index contributed by atoms with van der Waals surface area (Å²) >= 11 is 0. The van der Waals surface area contributed by atoms with Gasteiger partial charge in [-0.15, -0.1) is 0 Å². The number of aliphatic imine (C=N–C) groups is 1. The predicted molar refractivity (Wildman–Crippen MR) is 53.0 cm³/mol. The molecule has 0 heterocycles. The number of nitrogens with zero attached hydrogens (tertiary/aromatic N) is 1. The maximum Gasteiger partial charge on any atom is 0.0342 e. The van der Waals surface area contributed by atoms with E-state index >= 15 is 0 Å². The Bertz CT molecular complexity index is 377. The van der Waals surface area contributed by atoms with Gasteiger partial charge in [-0.2, -0.15) is 0 Å². The normalized spacial score (nSPS) is 14.4. The van der Waals surface area contributed by atoms with Crippen molar-refractivity contribution in [2.24, 2.45) is 10.7 Å². The number of benzene rings is 1. The second-order valence-corrected chi connectivity index (χ2v) is 2.33. The van der Waals surface area contributed by atoms with Crippen molar-refractivity contribution in [3.8, 4) is 0 Å². The lowest BCUT2D eigenvalue weighted by Crippen LogP contribution is -2.24. The number of hydrogen-bond donors (Lipinski definition) is 1. The molecular formula is C10H12N2. The van der Waals surface area contributed by atoms with Crippen LogP contribution in [0.1, 0.15) is 6.92 Å². The third kappa shape index (κ3) is 1.95. The molecule has 0 saturated heterocycles. The van der Waals surface area contributed by atoms with Crippen LogP contribution in [0.3, 0.4) is 0 Å². The molecule has 0 fully saturated rings. The minimum Gasteiger partial charge on any atom is -0.404 e. The zero-order chi connectivity index (χ0) is 8.81.